The second kappa shape index (κ2) is 4.84. The molecule has 1 fully saturated rings. The zero-order valence-electron chi connectivity index (χ0n) is 7.80. The highest BCUT2D eigenvalue weighted by atomic mass is 31.2. The van der Waals surface area contributed by atoms with Gasteiger partial charge in [0.2, 0.25) is 0 Å². The highest BCUT2D eigenvalue weighted by Crippen LogP contribution is 2.41. The Labute approximate surface area is 86.9 Å². The van der Waals surface area contributed by atoms with Crippen molar-refractivity contribution in [3.63, 3.8) is 0 Å². The second-order valence-corrected chi connectivity index (χ2v) is 4.08. The number of rotatable bonds is 4. The van der Waals surface area contributed by atoms with Crippen LogP contribution in [0.1, 0.15) is 6.42 Å². The molecule has 0 spiro atoms. The van der Waals surface area contributed by atoms with E-state index in [0.717, 1.165) is 0 Å². The van der Waals surface area contributed by atoms with E-state index in [0.29, 0.717) is 13.0 Å². The first-order chi connectivity index (χ1) is 6.42. The molecule has 14 heavy (non-hydrogen) atoms. The summed E-state index contributed by atoms with van der Waals surface area (Å²) in [6.07, 6.45) is 0.289. The maximum Gasteiger partial charge on any atom is 0.109 e. The Balaban J connectivity index is 2.53. The van der Waals surface area contributed by atoms with Crippen molar-refractivity contribution in [2.75, 3.05) is 20.4 Å². The van der Waals surface area contributed by atoms with E-state index in [1.807, 2.05) is 0 Å². The van der Waals surface area contributed by atoms with Crippen molar-refractivity contribution in [2.24, 2.45) is 0 Å². The molecule has 2 radical (unpaired) electrons. The molecule has 1 saturated heterocycles. The van der Waals surface area contributed by atoms with E-state index in [1.165, 1.54) is 0 Å². The summed E-state index contributed by atoms with van der Waals surface area (Å²) < 4.78 is 27.5. The van der Waals surface area contributed by atoms with Crippen molar-refractivity contribution in [1.82, 2.24) is 0 Å². The maximum absolute atomic E-state index is 11.6. The lowest BCUT2D eigenvalue weighted by molar-refractivity contribution is -0.00895. The molecule has 1 heterocycles. The lowest BCUT2D eigenvalue weighted by atomic mass is 9.96. The minimum atomic E-state index is -2.24. The van der Waals surface area contributed by atoms with Gasteiger partial charge >= 0.3 is 0 Å². The predicted octanol–water partition coefficient (Wildman–Crippen LogP) is -0.510. The summed E-state index contributed by atoms with van der Waals surface area (Å²) in [5.74, 6) is 0. The van der Waals surface area contributed by atoms with Crippen molar-refractivity contribution in [3.8, 4) is 0 Å². The van der Waals surface area contributed by atoms with Crippen LogP contribution in [-0.2, 0) is 18.6 Å². The Morgan fingerprint density at radius 3 is 2.86 bits per heavy atom. The van der Waals surface area contributed by atoms with Gasteiger partial charge in [-0.15, -0.1) is 0 Å². The fourth-order valence-electron chi connectivity index (χ4n) is 1.36. The molecule has 1 aliphatic heterocycles. The summed E-state index contributed by atoms with van der Waals surface area (Å²) in [6.45, 7) is 2.14. The first-order valence-electron chi connectivity index (χ1n) is 4.11. The van der Waals surface area contributed by atoms with Gasteiger partial charge in [0.1, 0.15) is 14.0 Å². The van der Waals surface area contributed by atoms with Crippen LogP contribution in [0.5, 0.6) is 0 Å². The highest BCUT2D eigenvalue weighted by molar-refractivity contribution is 7.82. The Kier molecular flexibility index (Phi) is 4.26. The minimum absolute atomic E-state index is 0.154. The first kappa shape index (κ1) is 12.3. The van der Waals surface area contributed by atoms with Gasteiger partial charge in [0.15, 0.2) is 0 Å². The van der Waals surface area contributed by atoms with Gasteiger partial charge in [0, 0.05) is 20.4 Å². The predicted molar refractivity (Wildman–Crippen MR) is 59.3 cm³/mol. The molecule has 1 unspecified atom stereocenters. The van der Waals surface area contributed by atoms with Gasteiger partial charge in [-0.1, -0.05) is 0 Å². The van der Waals surface area contributed by atoms with Crippen LogP contribution in [0.15, 0.2) is 0 Å². The molecular formula is C7H16B2O4P-. The van der Waals surface area contributed by atoms with Crippen LogP contribution in [0.25, 0.3) is 0 Å². The topological polar surface area (TPSA) is 44.8 Å². The third kappa shape index (κ3) is 3.77. The van der Waals surface area contributed by atoms with Crippen LogP contribution in [-0.4, -0.2) is 54.0 Å². The monoisotopic (exact) mass is 217 g/mol. The molecule has 4 atom stereocenters. The average Bonchev–Trinajstić information content (AvgIpc) is 2.28. The lowest BCUT2D eigenvalue weighted by Crippen LogP contribution is -2.28. The van der Waals surface area contributed by atoms with Crippen LogP contribution >= 0.6 is 7.25 Å². The van der Waals surface area contributed by atoms with Gasteiger partial charge in [-0.25, -0.2) is 0 Å². The zero-order chi connectivity index (χ0) is 10.8. The summed E-state index contributed by atoms with van der Waals surface area (Å²) >= 11 is 0. The van der Waals surface area contributed by atoms with E-state index in [-0.39, 0.29) is 25.8 Å². The van der Waals surface area contributed by atoms with Crippen molar-refractivity contribution in [2.45, 2.75) is 24.6 Å². The largest absolute Gasteiger partial charge is 0.382 e. The average molecular weight is 217 g/mol. The molecule has 4 nitrogen and oxygen atoms in total. The molecule has 0 amide bonds. The maximum atomic E-state index is 11.6. The SMILES string of the molecule is [B][C@H]1C[C@H](OP([BH3-])(C)=O)[C@@H](COC)O1. The van der Waals surface area contributed by atoms with E-state index >= 15 is 0 Å². The molecule has 0 N–H and O–H groups in total. The fraction of sp³-hybridized carbons (Fsp3) is 1.00. The fourth-order valence-corrected chi connectivity index (χ4v) is 1.96. The molecule has 1 rings (SSSR count). The third-order valence-corrected chi connectivity index (χ3v) is 2.41. The lowest BCUT2D eigenvalue weighted by Gasteiger charge is -2.23. The molecule has 0 aliphatic carbocycles. The summed E-state index contributed by atoms with van der Waals surface area (Å²) in [5.41, 5.74) is 0. The van der Waals surface area contributed by atoms with Crippen LogP contribution in [0.3, 0.4) is 0 Å². The van der Waals surface area contributed by atoms with Gasteiger partial charge in [-0.2, -0.15) is 0 Å². The van der Waals surface area contributed by atoms with Crippen molar-refractivity contribution in [1.29, 1.82) is 0 Å². The Morgan fingerprint density at radius 1 is 1.71 bits per heavy atom. The van der Waals surface area contributed by atoms with Crippen molar-refractivity contribution < 1.29 is 18.6 Å². The Morgan fingerprint density at radius 2 is 2.36 bits per heavy atom. The molecule has 0 saturated carbocycles. The van der Waals surface area contributed by atoms with Gasteiger partial charge in [0.05, 0.1) is 20.3 Å². The Hall–Kier alpha value is 0.240. The normalized spacial score (nSPS) is 36.9. The first-order valence-corrected chi connectivity index (χ1v) is 5.73. The molecular weight excluding hydrogens is 201 g/mol. The quantitative estimate of drug-likeness (QED) is 0.469. The number of ether oxygens (including phenoxy) is 2. The van der Waals surface area contributed by atoms with Gasteiger partial charge in [-0.3, -0.25) is 0 Å². The van der Waals surface area contributed by atoms with Gasteiger partial charge in [-0.05, 0) is 13.1 Å². The molecule has 0 aromatic rings. The van der Waals surface area contributed by atoms with Gasteiger partial charge in [0.25, 0.3) is 0 Å². The Bertz CT molecular complexity index is 232. The molecule has 7 heteroatoms. The minimum Gasteiger partial charge on any atom is -0.382 e. The number of hydrogen-bond acceptors (Lipinski definition) is 4. The zero-order valence-corrected chi connectivity index (χ0v) is 8.70. The number of hydrogen-bond donors (Lipinski definition) is 0. The highest BCUT2D eigenvalue weighted by Gasteiger charge is 2.34. The second-order valence-electron chi connectivity index (χ2n) is 2.99. The standard InChI is InChI=1S/C7H16B2O4P/c1-11-4-6-5(3-7(8)12-6)13-14(2,9)10/h5-7H,3-4H2,1-2,9H3/q-1/t5-,6+,7+,14?/m0/s1. The molecule has 1 aliphatic rings. The van der Waals surface area contributed by atoms with Crippen LogP contribution in [0.2, 0.25) is 0 Å². The smallest absolute Gasteiger partial charge is 0.109 e. The van der Waals surface area contributed by atoms with E-state index in [4.69, 9.17) is 21.8 Å². The number of methoxy groups -OCH3 is 1. The van der Waals surface area contributed by atoms with Crippen molar-refractivity contribution >= 4 is 22.7 Å². The molecule has 0 bridgehead atoms. The molecule has 80 valence electrons. The van der Waals surface area contributed by atoms with Crippen LogP contribution in [0, 0.1) is 0 Å². The summed E-state index contributed by atoms with van der Waals surface area (Å²) in [4.78, 5) is 0. The van der Waals surface area contributed by atoms with E-state index in [1.54, 1.807) is 13.8 Å². The third-order valence-electron chi connectivity index (χ3n) is 1.84. The summed E-state index contributed by atoms with van der Waals surface area (Å²) in [6, 6.07) is -0.313. The van der Waals surface area contributed by atoms with E-state index < -0.39 is 7.25 Å². The van der Waals surface area contributed by atoms with Crippen LogP contribution in [0.4, 0.5) is 0 Å². The van der Waals surface area contributed by atoms with Gasteiger partial charge < -0.3 is 18.6 Å². The summed E-state index contributed by atoms with van der Waals surface area (Å²) in [7, 11) is 4.71. The van der Waals surface area contributed by atoms with Crippen molar-refractivity contribution in [3.05, 3.63) is 0 Å². The molecule has 0 aromatic carbocycles. The summed E-state index contributed by atoms with van der Waals surface area (Å²) in [5, 5.41) is 0. The molecule has 0 aromatic heterocycles. The van der Waals surface area contributed by atoms with Crippen LogP contribution < -0.4 is 0 Å². The van der Waals surface area contributed by atoms with E-state index in [9.17, 15) is 4.57 Å². The van der Waals surface area contributed by atoms with E-state index in [2.05, 4.69) is 0 Å².